The van der Waals surface area contributed by atoms with Gasteiger partial charge in [-0.15, -0.1) is 0 Å². The fraction of sp³-hybridized carbons (Fsp3) is 0.368. The molecule has 0 spiro atoms. The molecule has 0 radical (unpaired) electrons. The van der Waals surface area contributed by atoms with E-state index in [9.17, 15) is 9.18 Å². The lowest BCUT2D eigenvalue weighted by atomic mass is 9.86. The van der Waals surface area contributed by atoms with Crippen molar-refractivity contribution < 1.29 is 9.18 Å². The molecule has 1 aromatic heterocycles. The van der Waals surface area contributed by atoms with Gasteiger partial charge in [0.05, 0.1) is 16.8 Å². The SMILES string of the molecule is O=C(NC1CCC(CNc2ccc(F)cn2)CC1)c1cc(Cl)ccc1Cl. The Morgan fingerprint density at radius 1 is 1.15 bits per heavy atom. The monoisotopic (exact) mass is 395 g/mol. The molecule has 1 aliphatic carbocycles. The van der Waals surface area contributed by atoms with Gasteiger partial charge in [0.1, 0.15) is 11.6 Å². The van der Waals surface area contributed by atoms with Gasteiger partial charge in [-0.2, -0.15) is 0 Å². The number of rotatable bonds is 5. The number of aromatic nitrogens is 1. The molecule has 1 aromatic carbocycles. The number of carbonyl (C=O) groups is 1. The normalized spacial score (nSPS) is 19.8. The molecule has 4 nitrogen and oxygen atoms in total. The van der Waals surface area contributed by atoms with Crippen LogP contribution in [0.5, 0.6) is 0 Å². The van der Waals surface area contributed by atoms with Crippen LogP contribution in [0.4, 0.5) is 10.2 Å². The fourth-order valence-electron chi connectivity index (χ4n) is 3.17. The van der Waals surface area contributed by atoms with Crippen molar-refractivity contribution in [1.82, 2.24) is 10.3 Å². The smallest absolute Gasteiger partial charge is 0.253 e. The molecule has 1 fully saturated rings. The van der Waals surface area contributed by atoms with Crippen LogP contribution in [0.25, 0.3) is 0 Å². The Kier molecular flexibility index (Phi) is 6.33. The zero-order chi connectivity index (χ0) is 18.5. The van der Waals surface area contributed by atoms with Gasteiger partial charge in [0.2, 0.25) is 0 Å². The van der Waals surface area contributed by atoms with Gasteiger partial charge < -0.3 is 10.6 Å². The second-order valence-electron chi connectivity index (χ2n) is 6.56. The van der Waals surface area contributed by atoms with E-state index in [4.69, 9.17) is 23.2 Å². The van der Waals surface area contributed by atoms with Crippen LogP contribution in [0.1, 0.15) is 36.0 Å². The second kappa shape index (κ2) is 8.69. The third kappa shape index (κ3) is 5.08. The minimum absolute atomic E-state index is 0.137. The lowest BCUT2D eigenvalue weighted by molar-refractivity contribution is 0.0923. The number of pyridine rings is 1. The zero-order valence-corrected chi connectivity index (χ0v) is 15.7. The number of nitrogens with one attached hydrogen (secondary N) is 2. The number of benzene rings is 1. The van der Waals surface area contributed by atoms with E-state index in [1.165, 1.54) is 12.3 Å². The van der Waals surface area contributed by atoms with Crippen molar-refractivity contribution in [3.8, 4) is 0 Å². The number of amides is 1. The number of carbonyl (C=O) groups excluding carboxylic acids is 1. The molecule has 138 valence electrons. The first kappa shape index (κ1) is 18.9. The third-order valence-electron chi connectivity index (χ3n) is 4.65. The molecule has 1 aliphatic rings. The van der Waals surface area contributed by atoms with Crippen molar-refractivity contribution in [3.63, 3.8) is 0 Å². The Bertz CT molecular complexity index is 762. The number of hydrogen-bond donors (Lipinski definition) is 2. The first-order valence-corrected chi connectivity index (χ1v) is 9.38. The molecule has 1 heterocycles. The molecule has 1 amide bonds. The highest BCUT2D eigenvalue weighted by atomic mass is 35.5. The first-order chi connectivity index (χ1) is 12.5. The van der Waals surface area contributed by atoms with E-state index in [1.54, 1.807) is 24.3 Å². The van der Waals surface area contributed by atoms with Crippen LogP contribution in [0.15, 0.2) is 36.5 Å². The molecule has 26 heavy (non-hydrogen) atoms. The van der Waals surface area contributed by atoms with Gasteiger partial charge in [-0.3, -0.25) is 4.79 Å². The minimum Gasteiger partial charge on any atom is -0.370 e. The van der Waals surface area contributed by atoms with Gasteiger partial charge in [-0.25, -0.2) is 9.37 Å². The molecule has 0 aliphatic heterocycles. The summed E-state index contributed by atoms with van der Waals surface area (Å²) in [6.07, 6.45) is 5.03. The predicted octanol–water partition coefficient (Wildman–Crippen LogP) is 4.93. The van der Waals surface area contributed by atoms with Gasteiger partial charge in [0, 0.05) is 17.6 Å². The second-order valence-corrected chi connectivity index (χ2v) is 7.40. The Morgan fingerprint density at radius 3 is 2.62 bits per heavy atom. The van der Waals surface area contributed by atoms with E-state index in [0.717, 1.165) is 32.2 Å². The molecule has 0 atom stereocenters. The van der Waals surface area contributed by atoms with Gasteiger partial charge in [0.25, 0.3) is 5.91 Å². The largest absolute Gasteiger partial charge is 0.370 e. The molecule has 0 unspecified atom stereocenters. The summed E-state index contributed by atoms with van der Waals surface area (Å²) < 4.78 is 12.9. The van der Waals surface area contributed by atoms with Crippen LogP contribution in [0.2, 0.25) is 10.0 Å². The van der Waals surface area contributed by atoms with Gasteiger partial charge >= 0.3 is 0 Å². The lowest BCUT2D eigenvalue weighted by Crippen LogP contribution is -2.38. The van der Waals surface area contributed by atoms with Crippen LogP contribution in [-0.4, -0.2) is 23.5 Å². The highest BCUT2D eigenvalue weighted by Gasteiger charge is 2.23. The van der Waals surface area contributed by atoms with Crippen molar-refractivity contribution in [2.24, 2.45) is 5.92 Å². The summed E-state index contributed by atoms with van der Waals surface area (Å²) in [5, 5.41) is 7.18. The summed E-state index contributed by atoms with van der Waals surface area (Å²) in [4.78, 5) is 16.4. The molecule has 0 saturated heterocycles. The first-order valence-electron chi connectivity index (χ1n) is 8.62. The highest BCUT2D eigenvalue weighted by Crippen LogP contribution is 2.26. The summed E-state index contributed by atoms with van der Waals surface area (Å²) in [5.41, 5.74) is 0.408. The average Bonchev–Trinajstić information content (AvgIpc) is 2.64. The van der Waals surface area contributed by atoms with Gasteiger partial charge in [-0.1, -0.05) is 23.2 Å². The van der Waals surface area contributed by atoms with Gasteiger partial charge in [0.15, 0.2) is 0 Å². The summed E-state index contributed by atoms with van der Waals surface area (Å²) in [6.45, 7) is 0.791. The standard InChI is InChI=1S/C19H20Cl2FN3O/c20-13-3-7-17(21)16(9-13)19(26)25-15-5-1-12(2-6-15)10-23-18-8-4-14(22)11-24-18/h3-4,7-9,11-12,15H,1-2,5-6,10H2,(H,23,24)(H,25,26). The molecule has 1 saturated carbocycles. The predicted molar refractivity (Wildman–Crippen MR) is 102 cm³/mol. The number of nitrogens with zero attached hydrogens (tertiary/aromatic N) is 1. The fourth-order valence-corrected chi connectivity index (χ4v) is 3.55. The number of hydrogen-bond acceptors (Lipinski definition) is 3. The number of anilines is 1. The maximum absolute atomic E-state index is 12.9. The van der Waals surface area contributed by atoms with Crippen molar-refractivity contribution in [2.75, 3.05) is 11.9 Å². The van der Waals surface area contributed by atoms with Crippen LogP contribution in [-0.2, 0) is 0 Å². The summed E-state index contributed by atoms with van der Waals surface area (Å²) >= 11 is 12.0. The third-order valence-corrected chi connectivity index (χ3v) is 5.22. The van der Waals surface area contributed by atoms with Crippen molar-refractivity contribution in [1.29, 1.82) is 0 Å². The van der Waals surface area contributed by atoms with Crippen molar-refractivity contribution >= 4 is 34.9 Å². The number of halogens is 3. The van der Waals surface area contributed by atoms with Crippen LogP contribution in [0, 0.1) is 11.7 Å². The molecule has 2 N–H and O–H groups in total. The van der Waals surface area contributed by atoms with Crippen LogP contribution < -0.4 is 10.6 Å². The molecule has 0 bridgehead atoms. The summed E-state index contributed by atoms with van der Waals surface area (Å²) in [5.74, 6) is 0.656. The Balaban J connectivity index is 1.45. The molecular formula is C19H20Cl2FN3O. The van der Waals surface area contributed by atoms with E-state index < -0.39 is 0 Å². The maximum atomic E-state index is 12.9. The van der Waals surface area contributed by atoms with E-state index in [0.29, 0.717) is 27.3 Å². The summed E-state index contributed by atoms with van der Waals surface area (Å²) in [6, 6.07) is 8.04. The minimum atomic E-state index is -0.341. The van der Waals surface area contributed by atoms with Crippen LogP contribution in [0.3, 0.4) is 0 Å². The molecule has 3 rings (SSSR count). The summed E-state index contributed by atoms with van der Waals surface area (Å²) in [7, 11) is 0. The Hall–Kier alpha value is -1.85. The quantitative estimate of drug-likeness (QED) is 0.754. The molecular weight excluding hydrogens is 376 g/mol. The highest BCUT2D eigenvalue weighted by molar-refractivity contribution is 6.35. The topological polar surface area (TPSA) is 54.0 Å². The van der Waals surface area contributed by atoms with E-state index in [-0.39, 0.29) is 17.8 Å². The molecule has 7 heteroatoms. The molecule has 2 aromatic rings. The average molecular weight is 396 g/mol. The van der Waals surface area contributed by atoms with E-state index in [1.807, 2.05) is 0 Å². The Labute approximate surface area is 162 Å². The lowest BCUT2D eigenvalue weighted by Gasteiger charge is -2.29. The van der Waals surface area contributed by atoms with Crippen molar-refractivity contribution in [3.05, 3.63) is 58.0 Å². The zero-order valence-electron chi connectivity index (χ0n) is 14.1. The Morgan fingerprint density at radius 2 is 1.92 bits per heavy atom. The maximum Gasteiger partial charge on any atom is 0.253 e. The van der Waals surface area contributed by atoms with Gasteiger partial charge in [-0.05, 0) is 61.9 Å². The van der Waals surface area contributed by atoms with Crippen molar-refractivity contribution in [2.45, 2.75) is 31.7 Å². The van der Waals surface area contributed by atoms with E-state index in [2.05, 4.69) is 15.6 Å². The van der Waals surface area contributed by atoms with E-state index >= 15 is 0 Å². The van der Waals surface area contributed by atoms with Crippen LogP contribution >= 0.6 is 23.2 Å².